The summed E-state index contributed by atoms with van der Waals surface area (Å²) in [6.07, 6.45) is 77.4. The highest BCUT2D eigenvalue weighted by atomic mass is 31.2. The van der Waals surface area contributed by atoms with Crippen LogP contribution in [0, 0.1) is 0 Å². The third-order valence-electron chi connectivity index (χ3n) is 12.5. The van der Waals surface area contributed by atoms with E-state index in [9.17, 15) is 19.4 Å². The van der Waals surface area contributed by atoms with Crippen LogP contribution in [0.25, 0.3) is 0 Å². The van der Waals surface area contributed by atoms with Crippen LogP contribution < -0.4 is 10.2 Å². The van der Waals surface area contributed by atoms with Crippen LogP contribution >= 0.6 is 7.82 Å². The van der Waals surface area contributed by atoms with Crippen LogP contribution in [0.2, 0.25) is 0 Å². The molecule has 0 aromatic rings. The van der Waals surface area contributed by atoms with E-state index in [1.165, 1.54) is 122 Å². The van der Waals surface area contributed by atoms with Gasteiger partial charge < -0.3 is 28.8 Å². The smallest absolute Gasteiger partial charge is 0.268 e. The number of hydrogen-bond acceptors (Lipinski definition) is 6. The summed E-state index contributed by atoms with van der Waals surface area (Å²) in [4.78, 5) is 25.5. The van der Waals surface area contributed by atoms with Gasteiger partial charge in [0, 0.05) is 6.42 Å². The van der Waals surface area contributed by atoms with E-state index >= 15 is 0 Å². The second-order valence-electron chi connectivity index (χ2n) is 20.6. The molecule has 2 N–H and O–H groups in total. The lowest BCUT2D eigenvalue weighted by molar-refractivity contribution is -0.870. The third kappa shape index (κ3) is 54.9. The maximum absolute atomic E-state index is 13.0. The van der Waals surface area contributed by atoms with Crippen molar-refractivity contribution in [3.63, 3.8) is 0 Å². The highest BCUT2D eigenvalue weighted by Gasteiger charge is 2.23. The number of nitrogens with zero attached hydrogens (tertiary/aromatic N) is 1. The van der Waals surface area contributed by atoms with E-state index < -0.39 is 26.6 Å². The number of unbranched alkanes of at least 4 members (excludes halogenated alkanes) is 23. The number of quaternary nitrogens is 1. The molecule has 0 aromatic carbocycles. The van der Waals surface area contributed by atoms with E-state index in [-0.39, 0.29) is 18.9 Å². The van der Waals surface area contributed by atoms with Crippen molar-refractivity contribution in [1.82, 2.24) is 5.32 Å². The number of rotatable bonds is 52. The first kappa shape index (κ1) is 69.2. The topological polar surface area (TPSA) is 108 Å². The van der Waals surface area contributed by atoms with Gasteiger partial charge in [0.05, 0.1) is 39.9 Å². The zero-order valence-corrected chi connectivity index (χ0v) is 48.0. The fourth-order valence-corrected chi connectivity index (χ4v) is 8.66. The second-order valence-corrected chi connectivity index (χ2v) is 22.0. The molecule has 0 spiro atoms. The number of phosphoric acid groups is 1. The number of aliphatic hydroxyl groups is 1. The van der Waals surface area contributed by atoms with Crippen molar-refractivity contribution in [1.29, 1.82) is 0 Å². The van der Waals surface area contributed by atoms with Gasteiger partial charge in [-0.1, -0.05) is 252 Å². The van der Waals surface area contributed by atoms with Crippen LogP contribution in [0.4, 0.5) is 0 Å². The number of carbonyl (C=O) groups excluding carboxylic acids is 1. The molecule has 0 aliphatic heterocycles. The predicted molar refractivity (Wildman–Crippen MR) is 311 cm³/mol. The summed E-state index contributed by atoms with van der Waals surface area (Å²) < 4.78 is 23.3. The quantitative estimate of drug-likeness (QED) is 0.0272. The molecule has 0 fully saturated rings. The molecule has 72 heavy (non-hydrogen) atoms. The van der Waals surface area contributed by atoms with Gasteiger partial charge in [0.25, 0.3) is 7.82 Å². The summed E-state index contributed by atoms with van der Waals surface area (Å²) in [7, 11) is 1.22. The molecule has 8 nitrogen and oxygen atoms in total. The average molecular weight is 1020 g/mol. The lowest BCUT2D eigenvalue weighted by Gasteiger charge is -2.29. The van der Waals surface area contributed by atoms with Crippen LogP contribution in [0.15, 0.2) is 109 Å². The molecule has 0 aliphatic rings. The highest BCUT2D eigenvalue weighted by molar-refractivity contribution is 7.45. The summed E-state index contributed by atoms with van der Waals surface area (Å²) in [6.45, 7) is 4.51. The molecule has 1 amide bonds. The molecular weight excluding hydrogens is 912 g/mol. The molecular formula is C63H111N2O6P. The Morgan fingerprint density at radius 2 is 0.847 bits per heavy atom. The Hall–Kier alpha value is -2.84. The predicted octanol–water partition coefficient (Wildman–Crippen LogP) is 17.3. The van der Waals surface area contributed by atoms with Gasteiger partial charge in [-0.25, -0.2) is 0 Å². The number of carbonyl (C=O) groups is 1. The van der Waals surface area contributed by atoms with Crippen LogP contribution in [0.5, 0.6) is 0 Å². The van der Waals surface area contributed by atoms with E-state index in [0.29, 0.717) is 17.4 Å². The first-order chi connectivity index (χ1) is 35.0. The number of hydrogen-bond donors (Lipinski definition) is 2. The Kier molecular flexibility index (Phi) is 50.9. The van der Waals surface area contributed by atoms with E-state index in [1.807, 2.05) is 27.2 Å². The maximum atomic E-state index is 13.0. The van der Waals surface area contributed by atoms with Crippen LogP contribution in [0.1, 0.15) is 232 Å². The Bertz CT molecular complexity index is 1540. The zero-order chi connectivity index (χ0) is 52.7. The van der Waals surface area contributed by atoms with Crippen LogP contribution in [0.3, 0.4) is 0 Å². The lowest BCUT2D eigenvalue weighted by Crippen LogP contribution is -2.45. The fraction of sp³-hybridized carbons (Fsp3) is 0.698. The van der Waals surface area contributed by atoms with Crippen molar-refractivity contribution in [2.75, 3.05) is 40.9 Å². The lowest BCUT2D eigenvalue weighted by atomic mass is 10.0. The van der Waals surface area contributed by atoms with Crippen molar-refractivity contribution in [3.8, 4) is 0 Å². The standard InChI is InChI=1S/C63H111N2O6P/c1-6-8-10-12-14-16-18-20-22-24-26-28-30-31-32-33-35-37-39-41-43-45-47-49-51-53-55-57-63(67)64-61(60-71-72(68,69)70-59-58-65(3,4)5)62(66)56-54-52-50-48-46-44-42-40-38-36-34-29-27-25-23-21-19-17-15-13-11-9-7-2/h8,10,14,16,20,22,26,28,31-32,35,37,41,43,47,49,54,56,61-62,66H,6-7,9,11-13,15,17-19,21,23-25,27,29-30,33-34,36,38-40,42,44-46,48,50-53,55,57-60H2,1-5H3,(H-,64,67,68,69)/b10-8-,16-14-,22-20-,28-26-,32-31-,37-35-,43-41-,49-47-,56-54+. The summed E-state index contributed by atoms with van der Waals surface area (Å²) in [6, 6.07) is -0.919. The van der Waals surface area contributed by atoms with E-state index in [2.05, 4.69) is 116 Å². The Balaban J connectivity index is 4.35. The SMILES string of the molecule is CC/C=C\C/C=C\C/C=C\C/C=C\C/C=C\C/C=C\C/C=C\C/C=C\CCCCC(=O)NC(COP(=O)([O-])OCC[N+](C)(C)C)C(O)/C=C/CCCCCCCCCCCCCCCCCCCCCCC. The number of allylic oxidation sites excluding steroid dienone is 17. The molecule has 0 aromatic heterocycles. The van der Waals surface area contributed by atoms with E-state index in [4.69, 9.17) is 9.05 Å². The van der Waals surface area contributed by atoms with Crippen molar-refractivity contribution in [2.24, 2.45) is 0 Å². The molecule has 0 bridgehead atoms. The largest absolute Gasteiger partial charge is 0.756 e. The van der Waals surface area contributed by atoms with Crippen molar-refractivity contribution in [3.05, 3.63) is 109 Å². The molecule has 414 valence electrons. The molecule has 3 unspecified atom stereocenters. The third-order valence-corrected chi connectivity index (χ3v) is 13.5. The van der Waals surface area contributed by atoms with Gasteiger partial charge in [0.2, 0.25) is 5.91 Å². The summed E-state index contributed by atoms with van der Waals surface area (Å²) in [5.41, 5.74) is 0. The van der Waals surface area contributed by atoms with Crippen molar-refractivity contribution >= 4 is 13.7 Å². The Labute approximate surface area is 444 Å². The van der Waals surface area contributed by atoms with Gasteiger partial charge in [-0.2, -0.15) is 0 Å². The molecule has 9 heteroatoms. The molecule has 0 aliphatic carbocycles. The number of likely N-dealkylation sites (N-methyl/N-ethyl adjacent to an activating group) is 1. The summed E-state index contributed by atoms with van der Waals surface area (Å²) >= 11 is 0. The number of phosphoric ester groups is 1. The fourth-order valence-electron chi connectivity index (χ4n) is 7.93. The molecule has 0 saturated heterocycles. The first-order valence-electron chi connectivity index (χ1n) is 29.2. The highest BCUT2D eigenvalue weighted by Crippen LogP contribution is 2.38. The van der Waals surface area contributed by atoms with Gasteiger partial charge in [-0.05, 0) is 83.5 Å². The van der Waals surface area contributed by atoms with Gasteiger partial charge in [0.1, 0.15) is 13.2 Å². The average Bonchev–Trinajstić information content (AvgIpc) is 3.34. The molecule has 0 radical (unpaired) electrons. The van der Waals surface area contributed by atoms with E-state index in [1.54, 1.807) is 6.08 Å². The van der Waals surface area contributed by atoms with E-state index in [0.717, 1.165) is 83.5 Å². The minimum absolute atomic E-state index is 0.0156. The van der Waals surface area contributed by atoms with Crippen molar-refractivity contribution < 1.29 is 32.9 Å². The van der Waals surface area contributed by atoms with Crippen LogP contribution in [-0.4, -0.2) is 68.5 Å². The molecule has 3 atom stereocenters. The zero-order valence-electron chi connectivity index (χ0n) is 47.1. The molecule has 0 heterocycles. The van der Waals surface area contributed by atoms with Gasteiger partial charge in [-0.15, -0.1) is 0 Å². The van der Waals surface area contributed by atoms with Crippen LogP contribution in [-0.2, 0) is 18.4 Å². The number of aliphatic hydroxyl groups excluding tert-OH is 1. The number of amides is 1. The molecule has 0 saturated carbocycles. The normalized spacial score (nSPS) is 14.7. The Morgan fingerprint density at radius 3 is 1.24 bits per heavy atom. The first-order valence-corrected chi connectivity index (χ1v) is 30.7. The van der Waals surface area contributed by atoms with Gasteiger partial charge in [0.15, 0.2) is 0 Å². The second kappa shape index (κ2) is 53.0. The summed E-state index contributed by atoms with van der Waals surface area (Å²) in [5.74, 6) is -0.242. The molecule has 0 rings (SSSR count). The summed E-state index contributed by atoms with van der Waals surface area (Å²) in [5, 5.41) is 13.9. The maximum Gasteiger partial charge on any atom is 0.268 e. The minimum atomic E-state index is -4.62. The van der Waals surface area contributed by atoms with Gasteiger partial charge in [-0.3, -0.25) is 9.36 Å². The van der Waals surface area contributed by atoms with Gasteiger partial charge >= 0.3 is 0 Å². The minimum Gasteiger partial charge on any atom is -0.756 e. The number of nitrogens with one attached hydrogen (secondary N) is 1. The van der Waals surface area contributed by atoms with Crippen molar-refractivity contribution in [2.45, 2.75) is 244 Å². The monoisotopic (exact) mass is 1020 g/mol. The Morgan fingerprint density at radius 1 is 0.500 bits per heavy atom.